The van der Waals surface area contributed by atoms with Gasteiger partial charge in [-0.2, -0.15) is 0 Å². The Morgan fingerprint density at radius 3 is 1.51 bits per heavy atom. The van der Waals surface area contributed by atoms with Crippen LogP contribution in [0.25, 0.3) is 0 Å². The number of carbonyl (C=O) groups is 6. The average Bonchev–Trinajstić information content (AvgIpc) is 3.07. The maximum absolute atomic E-state index is 13.3. The quantitative estimate of drug-likeness (QED) is 0.0756. The van der Waals surface area contributed by atoms with Crippen LogP contribution in [-0.2, 0) is 41.9 Å². The molecule has 0 saturated carbocycles. The highest BCUT2D eigenvalue weighted by Crippen LogP contribution is 2.10. The van der Waals surface area contributed by atoms with E-state index in [0.29, 0.717) is 6.42 Å². The number of rotatable bonds is 18. The number of aliphatic carboxylic acids is 1. The van der Waals surface area contributed by atoms with Crippen molar-refractivity contribution in [3.05, 3.63) is 71.8 Å². The van der Waals surface area contributed by atoms with Crippen LogP contribution < -0.4 is 26.6 Å². The molecule has 0 radical (unpaired) electrons. The summed E-state index contributed by atoms with van der Waals surface area (Å²) < 4.78 is 10.4. The van der Waals surface area contributed by atoms with Crippen molar-refractivity contribution in [2.75, 3.05) is 6.54 Å². The van der Waals surface area contributed by atoms with Crippen LogP contribution in [0.1, 0.15) is 71.4 Å². The zero-order valence-corrected chi connectivity index (χ0v) is 29.8. The number of carboxylic acid groups (broad SMARTS) is 1. The minimum atomic E-state index is -1.34. The van der Waals surface area contributed by atoms with Gasteiger partial charge in [0.2, 0.25) is 23.7 Å². The predicted molar refractivity (Wildman–Crippen MR) is 189 cm³/mol. The molecule has 2 aromatic carbocycles. The molecular formula is C36H50N6O9. The molecule has 0 bridgehead atoms. The molecule has 15 heteroatoms. The first-order chi connectivity index (χ1) is 24.2. The van der Waals surface area contributed by atoms with Crippen molar-refractivity contribution in [3.8, 4) is 0 Å². The van der Waals surface area contributed by atoms with Gasteiger partial charge in [0, 0.05) is 13.5 Å². The minimum Gasteiger partial charge on any atom is -0.480 e. The highest BCUT2D eigenvalue weighted by atomic mass is 16.6. The maximum Gasteiger partial charge on any atom is 0.414 e. The molecule has 51 heavy (non-hydrogen) atoms. The normalized spacial score (nSPS) is 12.5. The number of carboxylic acids is 1. The number of hydrogen-bond donors (Lipinski definition) is 6. The number of alkyl carbamates (subject to hydrolysis) is 2. The van der Waals surface area contributed by atoms with Gasteiger partial charge in [0.25, 0.3) is 0 Å². The van der Waals surface area contributed by atoms with Crippen molar-refractivity contribution in [3.63, 3.8) is 0 Å². The lowest BCUT2D eigenvalue weighted by Gasteiger charge is -2.26. The Morgan fingerprint density at radius 2 is 1.10 bits per heavy atom. The molecule has 0 aliphatic rings. The standard InChI is InChI=1S/C36H50N6O9/c1-23(2)19-29(38-25(5)43)31(44)40-30(20-24(3)4)32(45)39-28(33(46)47)17-12-18-37-34(41-35(48)50-21-26-13-8-6-9-14-26)42-36(49)51-22-27-15-10-7-11-16-27/h6-11,13-16,23-24,28-30H,12,17-22H2,1-5H3,(H,38,43)(H,39,45)(H,40,44)(H,46,47)(H2,37,41,42,48,49)/t28-,29-,30-/m0/s1. The summed E-state index contributed by atoms with van der Waals surface area (Å²) >= 11 is 0. The number of aliphatic imine (C=N–C) groups is 1. The number of hydrogen-bond acceptors (Lipinski definition) is 9. The van der Waals surface area contributed by atoms with E-state index in [1.54, 1.807) is 48.5 Å². The molecule has 0 spiro atoms. The minimum absolute atomic E-state index is 0.0276. The van der Waals surface area contributed by atoms with E-state index < -0.39 is 54.0 Å². The molecule has 0 unspecified atom stereocenters. The molecule has 5 amide bonds. The molecular weight excluding hydrogens is 660 g/mol. The van der Waals surface area contributed by atoms with E-state index in [1.165, 1.54) is 6.92 Å². The van der Waals surface area contributed by atoms with E-state index in [0.717, 1.165) is 11.1 Å². The number of benzene rings is 2. The fraction of sp³-hybridized carbons (Fsp3) is 0.472. The van der Waals surface area contributed by atoms with Gasteiger partial charge in [0.05, 0.1) is 0 Å². The zero-order chi connectivity index (χ0) is 37.8. The van der Waals surface area contributed by atoms with Gasteiger partial charge in [-0.15, -0.1) is 0 Å². The van der Waals surface area contributed by atoms with Crippen molar-refractivity contribution in [2.45, 2.75) is 91.6 Å². The van der Waals surface area contributed by atoms with E-state index in [9.17, 15) is 33.9 Å². The molecule has 3 atom stereocenters. The first-order valence-electron chi connectivity index (χ1n) is 16.8. The zero-order valence-electron chi connectivity index (χ0n) is 29.8. The fourth-order valence-corrected chi connectivity index (χ4v) is 4.76. The second kappa shape index (κ2) is 22.3. The average molecular weight is 711 g/mol. The Balaban J connectivity index is 2.07. The van der Waals surface area contributed by atoms with Crippen molar-refractivity contribution >= 4 is 41.8 Å². The molecule has 0 aliphatic heterocycles. The SMILES string of the molecule is CC(=O)N[C@@H](CC(C)C)C(=O)N[C@@H](CC(C)C)C(=O)N[C@@H](CCCN=C(NC(=O)OCc1ccccc1)NC(=O)OCc1ccccc1)C(=O)O. The van der Waals surface area contributed by atoms with Crippen LogP contribution in [-0.4, -0.2) is 71.6 Å². The number of carbonyl (C=O) groups excluding carboxylic acids is 5. The Hall–Kier alpha value is -5.47. The fourth-order valence-electron chi connectivity index (χ4n) is 4.76. The van der Waals surface area contributed by atoms with E-state index in [4.69, 9.17) is 9.47 Å². The first-order valence-corrected chi connectivity index (χ1v) is 16.8. The van der Waals surface area contributed by atoms with Gasteiger partial charge in [-0.1, -0.05) is 88.4 Å². The van der Waals surface area contributed by atoms with Gasteiger partial charge in [-0.25, -0.2) is 14.4 Å². The smallest absolute Gasteiger partial charge is 0.414 e. The highest BCUT2D eigenvalue weighted by molar-refractivity contribution is 6.01. The summed E-state index contributed by atoms with van der Waals surface area (Å²) in [5.41, 5.74) is 1.47. The topological polar surface area (TPSA) is 214 Å². The van der Waals surface area contributed by atoms with Crippen molar-refractivity contribution in [1.82, 2.24) is 26.6 Å². The monoisotopic (exact) mass is 710 g/mol. The highest BCUT2D eigenvalue weighted by Gasteiger charge is 2.30. The summed E-state index contributed by atoms with van der Waals surface area (Å²) in [6.07, 6.45) is -1.18. The molecule has 0 fully saturated rings. The van der Waals surface area contributed by atoms with Crippen molar-refractivity contribution in [1.29, 1.82) is 0 Å². The van der Waals surface area contributed by atoms with E-state index in [2.05, 4.69) is 31.6 Å². The third-order valence-electron chi connectivity index (χ3n) is 7.14. The predicted octanol–water partition coefficient (Wildman–Crippen LogP) is 3.63. The number of amides is 5. The first kappa shape index (κ1) is 41.7. The van der Waals surface area contributed by atoms with Crippen LogP contribution in [0.2, 0.25) is 0 Å². The third kappa shape index (κ3) is 17.7. The number of nitrogens with zero attached hydrogens (tertiary/aromatic N) is 1. The summed E-state index contributed by atoms with van der Waals surface area (Å²) in [6.45, 7) is 8.65. The molecule has 6 N–H and O–H groups in total. The van der Waals surface area contributed by atoms with Gasteiger partial charge in [0.1, 0.15) is 31.3 Å². The second-order valence-corrected chi connectivity index (χ2v) is 12.7. The summed E-state index contributed by atoms with van der Waals surface area (Å²) in [4.78, 5) is 79.4. The maximum atomic E-state index is 13.3. The molecule has 2 rings (SSSR count). The summed E-state index contributed by atoms with van der Waals surface area (Å²) in [5.74, 6) is -3.16. The summed E-state index contributed by atoms with van der Waals surface area (Å²) in [7, 11) is 0. The molecule has 15 nitrogen and oxygen atoms in total. The lowest BCUT2D eigenvalue weighted by molar-refractivity contribution is -0.142. The Labute approximate surface area is 298 Å². The Kier molecular flexibility index (Phi) is 18.2. The summed E-state index contributed by atoms with van der Waals surface area (Å²) in [5, 5.41) is 22.4. The van der Waals surface area contributed by atoms with Crippen molar-refractivity contribution in [2.24, 2.45) is 16.8 Å². The molecule has 0 aliphatic carbocycles. The second-order valence-electron chi connectivity index (χ2n) is 12.7. The van der Waals surface area contributed by atoms with Crippen LogP contribution in [0.4, 0.5) is 9.59 Å². The van der Waals surface area contributed by atoms with E-state index in [-0.39, 0.29) is 56.8 Å². The van der Waals surface area contributed by atoms with Crippen molar-refractivity contribution < 1.29 is 43.3 Å². The van der Waals surface area contributed by atoms with Crippen LogP contribution >= 0.6 is 0 Å². The van der Waals surface area contributed by atoms with E-state index in [1.807, 2.05) is 39.8 Å². The van der Waals surface area contributed by atoms with Gasteiger partial charge < -0.3 is 30.5 Å². The van der Waals surface area contributed by atoms with E-state index >= 15 is 0 Å². The van der Waals surface area contributed by atoms with Crippen LogP contribution in [0.3, 0.4) is 0 Å². The lowest BCUT2D eigenvalue weighted by atomic mass is 9.99. The molecule has 0 aromatic heterocycles. The van der Waals surface area contributed by atoms with Crippen LogP contribution in [0.15, 0.2) is 65.7 Å². The number of ether oxygens (including phenoxy) is 2. The van der Waals surface area contributed by atoms with Gasteiger partial charge in [-0.3, -0.25) is 30.0 Å². The molecule has 0 saturated heterocycles. The summed E-state index contributed by atoms with van der Waals surface area (Å²) in [6, 6.07) is 14.6. The number of guanidine groups is 1. The van der Waals surface area contributed by atoms with Crippen LogP contribution in [0.5, 0.6) is 0 Å². The number of nitrogens with one attached hydrogen (secondary N) is 5. The molecule has 278 valence electrons. The molecule has 2 aromatic rings. The Morgan fingerprint density at radius 1 is 0.667 bits per heavy atom. The lowest BCUT2D eigenvalue weighted by Crippen LogP contribution is -2.56. The van der Waals surface area contributed by atoms with Gasteiger partial charge in [0.15, 0.2) is 0 Å². The molecule has 0 heterocycles. The van der Waals surface area contributed by atoms with Gasteiger partial charge >= 0.3 is 18.2 Å². The largest absolute Gasteiger partial charge is 0.480 e. The van der Waals surface area contributed by atoms with Crippen LogP contribution in [0, 0.1) is 11.8 Å². The third-order valence-corrected chi connectivity index (χ3v) is 7.14. The van der Waals surface area contributed by atoms with Gasteiger partial charge in [-0.05, 0) is 48.6 Å². The Bertz CT molecular complexity index is 1410.